The third-order valence-electron chi connectivity index (χ3n) is 4.83. The lowest BCUT2D eigenvalue weighted by atomic mass is 10.1. The molecule has 0 aliphatic carbocycles. The number of rotatable bonds is 3. The highest BCUT2D eigenvalue weighted by Crippen LogP contribution is 2.15. The molecule has 15 heteroatoms. The minimum Gasteiger partial charge on any atom is -0.475 e. The summed E-state index contributed by atoms with van der Waals surface area (Å²) in [6.45, 7) is 6.45. The van der Waals surface area contributed by atoms with Gasteiger partial charge in [0.2, 0.25) is 0 Å². The first kappa shape index (κ1) is 29.5. The van der Waals surface area contributed by atoms with Gasteiger partial charge in [-0.1, -0.05) is 12.1 Å². The molecular formula is C19H24F7N3O5. The van der Waals surface area contributed by atoms with E-state index in [-0.39, 0.29) is 18.0 Å². The predicted molar refractivity (Wildman–Crippen MR) is 103 cm³/mol. The molecule has 2 saturated heterocycles. The van der Waals surface area contributed by atoms with Crippen LogP contribution in [0.4, 0.5) is 30.7 Å². The summed E-state index contributed by atoms with van der Waals surface area (Å²) in [5.41, 5.74) is 1.16. The quantitative estimate of drug-likeness (QED) is 0.456. The summed E-state index contributed by atoms with van der Waals surface area (Å²) < 4.78 is 76.3. The van der Waals surface area contributed by atoms with Crippen LogP contribution in [0.25, 0.3) is 0 Å². The highest BCUT2D eigenvalue weighted by molar-refractivity contribution is 5.73. The number of nitrogens with zero attached hydrogens (tertiary/aromatic N) is 2. The van der Waals surface area contributed by atoms with Crippen molar-refractivity contribution in [3.8, 4) is 0 Å². The number of nitrogens with one attached hydrogen (secondary N) is 1. The smallest absolute Gasteiger partial charge is 0.475 e. The van der Waals surface area contributed by atoms with E-state index in [0.717, 1.165) is 44.8 Å². The predicted octanol–water partition coefficient (Wildman–Crippen LogP) is 1.54. The number of carboxylic acid groups (broad SMARTS) is 2. The number of carboxylic acids is 2. The molecule has 2 atom stereocenters. The van der Waals surface area contributed by atoms with Crippen LogP contribution in [0, 0.1) is 5.82 Å². The van der Waals surface area contributed by atoms with Crippen molar-refractivity contribution in [2.24, 2.45) is 0 Å². The molecule has 0 amide bonds. The van der Waals surface area contributed by atoms with Crippen molar-refractivity contribution >= 4 is 11.9 Å². The standard InChI is InChI=1S/C15H22FN3O.2C2HF3O2/c16-13-3-1-12(2-4-13)11-18-5-7-19(8-6-18)14-9-17-10-15(14)20;2*3-2(4,5)1(6)7/h1-4,14-15,17,20H,5-11H2;2*(H,6,7)/t14-,15-;;/m0../s1. The average Bonchev–Trinajstić information content (AvgIpc) is 3.16. The third kappa shape index (κ3) is 10.6. The van der Waals surface area contributed by atoms with Crippen molar-refractivity contribution in [1.82, 2.24) is 15.1 Å². The number of aliphatic hydroxyl groups is 1. The Labute approximate surface area is 189 Å². The van der Waals surface area contributed by atoms with Crippen molar-refractivity contribution in [3.63, 3.8) is 0 Å². The van der Waals surface area contributed by atoms with Crippen LogP contribution in [0.5, 0.6) is 0 Å². The molecule has 0 aromatic heterocycles. The highest BCUT2D eigenvalue weighted by Gasteiger charge is 2.39. The van der Waals surface area contributed by atoms with Gasteiger partial charge in [-0.05, 0) is 17.7 Å². The zero-order valence-corrected chi connectivity index (χ0v) is 17.6. The van der Waals surface area contributed by atoms with E-state index in [2.05, 4.69) is 15.1 Å². The van der Waals surface area contributed by atoms with Gasteiger partial charge in [0.15, 0.2) is 0 Å². The summed E-state index contributed by atoms with van der Waals surface area (Å²) in [4.78, 5) is 22.6. The molecule has 2 aliphatic heterocycles. The Kier molecular flexibility index (Phi) is 11.1. The molecule has 34 heavy (non-hydrogen) atoms. The first-order chi connectivity index (χ1) is 15.6. The number of hydrogen-bond donors (Lipinski definition) is 4. The maximum atomic E-state index is 12.9. The number of benzene rings is 1. The van der Waals surface area contributed by atoms with Crippen LogP contribution in [0.3, 0.4) is 0 Å². The van der Waals surface area contributed by atoms with Gasteiger partial charge < -0.3 is 20.6 Å². The van der Waals surface area contributed by atoms with Crippen molar-refractivity contribution < 1.29 is 55.6 Å². The first-order valence-corrected chi connectivity index (χ1v) is 9.81. The molecular weight excluding hydrogens is 483 g/mol. The molecule has 8 nitrogen and oxygen atoms in total. The number of alkyl halides is 6. The van der Waals surface area contributed by atoms with Gasteiger partial charge >= 0.3 is 24.3 Å². The number of piperazine rings is 1. The monoisotopic (exact) mass is 507 g/mol. The van der Waals surface area contributed by atoms with Crippen LogP contribution in [0.15, 0.2) is 24.3 Å². The van der Waals surface area contributed by atoms with E-state index in [1.54, 1.807) is 0 Å². The average molecular weight is 507 g/mol. The van der Waals surface area contributed by atoms with Crippen molar-refractivity contribution in [2.75, 3.05) is 39.3 Å². The Hall–Kier alpha value is -2.49. The third-order valence-corrected chi connectivity index (χ3v) is 4.83. The molecule has 0 spiro atoms. The zero-order chi connectivity index (χ0) is 26.1. The minimum absolute atomic E-state index is 0.179. The number of aliphatic carboxylic acids is 2. The fourth-order valence-corrected chi connectivity index (χ4v) is 3.12. The molecule has 1 aromatic carbocycles. The molecule has 0 unspecified atom stereocenters. The number of β-amino-alcohol motifs (C(OH)–C–C–N with tert-alkyl or cyclic N) is 1. The van der Waals surface area contributed by atoms with Crippen molar-refractivity contribution in [3.05, 3.63) is 35.6 Å². The SMILES string of the molecule is O=C(O)C(F)(F)F.O=C(O)C(F)(F)F.O[C@H]1CNC[C@@H]1N1CCN(Cc2ccc(F)cc2)CC1. The second kappa shape index (κ2) is 12.8. The molecule has 2 aliphatic rings. The second-order valence-corrected chi connectivity index (χ2v) is 7.34. The van der Waals surface area contributed by atoms with Crippen LogP contribution in [0.2, 0.25) is 0 Å². The summed E-state index contributed by atoms with van der Waals surface area (Å²) in [6, 6.07) is 7.01. The first-order valence-electron chi connectivity index (χ1n) is 9.81. The van der Waals surface area contributed by atoms with Gasteiger partial charge in [0.1, 0.15) is 5.82 Å². The lowest BCUT2D eigenvalue weighted by molar-refractivity contribution is -0.193. The van der Waals surface area contributed by atoms with E-state index >= 15 is 0 Å². The maximum absolute atomic E-state index is 12.9. The minimum atomic E-state index is -5.08. The Bertz CT molecular complexity index is 758. The van der Waals surface area contributed by atoms with Gasteiger partial charge in [0.05, 0.1) is 6.10 Å². The Morgan fingerprint density at radius 1 is 0.882 bits per heavy atom. The normalized spacial score (nSPS) is 21.6. The summed E-state index contributed by atoms with van der Waals surface area (Å²) in [7, 11) is 0. The van der Waals surface area contributed by atoms with E-state index in [9.17, 15) is 35.8 Å². The number of halogens is 7. The van der Waals surface area contributed by atoms with E-state index in [1.165, 1.54) is 12.1 Å². The van der Waals surface area contributed by atoms with E-state index < -0.39 is 24.3 Å². The van der Waals surface area contributed by atoms with Crippen LogP contribution < -0.4 is 5.32 Å². The molecule has 194 valence electrons. The lowest BCUT2D eigenvalue weighted by Gasteiger charge is -2.38. The van der Waals surface area contributed by atoms with Gasteiger partial charge in [-0.15, -0.1) is 0 Å². The van der Waals surface area contributed by atoms with Crippen LogP contribution >= 0.6 is 0 Å². The number of hydrogen-bond acceptors (Lipinski definition) is 6. The van der Waals surface area contributed by atoms with Crippen molar-refractivity contribution in [1.29, 1.82) is 0 Å². The molecule has 0 saturated carbocycles. The van der Waals surface area contributed by atoms with Gasteiger partial charge in [-0.2, -0.15) is 26.3 Å². The Morgan fingerprint density at radius 3 is 1.68 bits per heavy atom. The van der Waals surface area contributed by atoms with Gasteiger partial charge in [0.25, 0.3) is 0 Å². The van der Waals surface area contributed by atoms with Crippen molar-refractivity contribution in [2.45, 2.75) is 31.0 Å². The fourth-order valence-electron chi connectivity index (χ4n) is 3.12. The molecule has 1 aromatic rings. The van der Waals surface area contributed by atoms with Gasteiger partial charge in [-0.25, -0.2) is 14.0 Å². The van der Waals surface area contributed by atoms with Gasteiger partial charge in [0, 0.05) is 51.9 Å². The largest absolute Gasteiger partial charge is 0.490 e. The highest BCUT2D eigenvalue weighted by atomic mass is 19.4. The molecule has 2 heterocycles. The summed E-state index contributed by atoms with van der Waals surface area (Å²) >= 11 is 0. The van der Waals surface area contributed by atoms with Gasteiger partial charge in [-0.3, -0.25) is 9.80 Å². The fraction of sp³-hybridized carbons (Fsp3) is 0.579. The van der Waals surface area contributed by atoms with E-state index in [4.69, 9.17) is 19.8 Å². The topological polar surface area (TPSA) is 113 Å². The summed E-state index contributed by atoms with van der Waals surface area (Å²) in [5.74, 6) is -5.69. The summed E-state index contributed by atoms with van der Waals surface area (Å²) in [6.07, 6.45) is -10.4. The van der Waals surface area contributed by atoms with E-state index in [0.29, 0.717) is 6.54 Å². The molecule has 0 radical (unpaired) electrons. The van der Waals surface area contributed by atoms with Crippen LogP contribution in [-0.4, -0.2) is 101 Å². The molecule has 0 bridgehead atoms. The molecule has 2 fully saturated rings. The molecule has 3 rings (SSSR count). The van der Waals surface area contributed by atoms with Crippen LogP contribution in [0.1, 0.15) is 5.56 Å². The Balaban J connectivity index is 0.000000343. The lowest BCUT2D eigenvalue weighted by Crippen LogP contribution is -2.53. The van der Waals surface area contributed by atoms with Crippen LogP contribution in [-0.2, 0) is 16.1 Å². The zero-order valence-electron chi connectivity index (χ0n) is 17.6. The molecule has 4 N–H and O–H groups in total. The number of aliphatic hydroxyl groups excluding tert-OH is 1. The second-order valence-electron chi connectivity index (χ2n) is 7.34. The maximum Gasteiger partial charge on any atom is 0.490 e. The summed E-state index contributed by atoms with van der Waals surface area (Å²) in [5, 5.41) is 27.4. The van der Waals surface area contributed by atoms with E-state index in [1.807, 2.05) is 12.1 Å². The Morgan fingerprint density at radius 2 is 1.32 bits per heavy atom. The number of carbonyl (C=O) groups is 2.